The number of aryl methyl sites for hydroxylation is 3. The lowest BCUT2D eigenvalue weighted by Gasteiger charge is -2.44. The number of piperidine rings is 3. The number of benzene rings is 2. The van der Waals surface area contributed by atoms with E-state index in [1.165, 1.54) is 33.4 Å². The SMILES string of the molecule is CCCCOc1c(C)cc(-c2ccc3c(c2)CCC(C)(C)C3NC(=O)O[C@H]2CN3CCC2CC3)cc1C. The summed E-state index contributed by atoms with van der Waals surface area (Å²) in [5, 5.41) is 3.29. The number of rotatable bonds is 7. The zero-order chi connectivity index (χ0) is 26.2. The smallest absolute Gasteiger partial charge is 0.407 e. The van der Waals surface area contributed by atoms with Crippen molar-refractivity contribution in [3.8, 4) is 16.9 Å². The zero-order valence-corrected chi connectivity index (χ0v) is 23.4. The van der Waals surface area contributed by atoms with Crippen molar-refractivity contribution >= 4 is 6.09 Å². The molecule has 1 N–H and O–H groups in total. The molecule has 5 nitrogen and oxygen atoms in total. The van der Waals surface area contributed by atoms with Crippen LogP contribution in [0.2, 0.25) is 0 Å². The summed E-state index contributed by atoms with van der Waals surface area (Å²) in [6.07, 6.45) is 6.29. The number of nitrogens with zero attached hydrogens (tertiary/aromatic N) is 1. The van der Waals surface area contributed by atoms with Crippen LogP contribution in [0.1, 0.15) is 81.2 Å². The molecule has 3 heterocycles. The molecule has 3 aliphatic heterocycles. The first-order valence-electron chi connectivity index (χ1n) is 14.3. The van der Waals surface area contributed by atoms with Gasteiger partial charge in [0.2, 0.25) is 0 Å². The largest absolute Gasteiger partial charge is 0.493 e. The van der Waals surface area contributed by atoms with Crippen LogP contribution in [0.5, 0.6) is 5.75 Å². The average Bonchev–Trinajstić information content (AvgIpc) is 2.88. The molecular formula is C32H44N2O3. The maximum absolute atomic E-state index is 13.1. The fourth-order valence-electron chi connectivity index (χ4n) is 6.58. The van der Waals surface area contributed by atoms with E-state index >= 15 is 0 Å². The monoisotopic (exact) mass is 504 g/mol. The Morgan fingerprint density at radius 3 is 2.46 bits per heavy atom. The van der Waals surface area contributed by atoms with E-state index in [0.717, 1.165) is 70.5 Å². The van der Waals surface area contributed by atoms with Crippen LogP contribution in [0.3, 0.4) is 0 Å². The Morgan fingerprint density at radius 1 is 1.08 bits per heavy atom. The van der Waals surface area contributed by atoms with Crippen LogP contribution in [-0.4, -0.2) is 43.3 Å². The predicted molar refractivity (Wildman–Crippen MR) is 149 cm³/mol. The highest BCUT2D eigenvalue weighted by molar-refractivity contribution is 5.71. The summed E-state index contributed by atoms with van der Waals surface area (Å²) in [5.41, 5.74) is 7.31. The molecule has 4 aliphatic rings. The van der Waals surface area contributed by atoms with Crippen LogP contribution in [0.25, 0.3) is 11.1 Å². The fraction of sp³-hybridized carbons (Fsp3) is 0.594. The van der Waals surface area contributed by atoms with Gasteiger partial charge in [-0.1, -0.05) is 45.4 Å². The number of hydrogen-bond donors (Lipinski definition) is 1. The van der Waals surface area contributed by atoms with Crippen LogP contribution in [0, 0.1) is 25.2 Å². The zero-order valence-electron chi connectivity index (χ0n) is 23.4. The molecule has 0 saturated carbocycles. The third-order valence-electron chi connectivity index (χ3n) is 8.93. The highest BCUT2D eigenvalue weighted by Crippen LogP contribution is 2.45. The van der Waals surface area contributed by atoms with Gasteiger partial charge < -0.3 is 14.8 Å². The number of amides is 1. The van der Waals surface area contributed by atoms with Crippen molar-refractivity contribution in [3.05, 3.63) is 52.6 Å². The number of alkyl carbamates (subject to hydrolysis) is 1. The molecule has 200 valence electrons. The van der Waals surface area contributed by atoms with E-state index in [0.29, 0.717) is 5.92 Å². The number of nitrogens with one attached hydrogen (secondary N) is 1. The quantitative estimate of drug-likeness (QED) is 0.413. The van der Waals surface area contributed by atoms with Crippen molar-refractivity contribution in [2.75, 3.05) is 26.2 Å². The van der Waals surface area contributed by atoms with Gasteiger partial charge in [-0.15, -0.1) is 0 Å². The topological polar surface area (TPSA) is 50.8 Å². The molecule has 2 bridgehead atoms. The van der Waals surface area contributed by atoms with Gasteiger partial charge in [0, 0.05) is 6.54 Å². The summed E-state index contributed by atoms with van der Waals surface area (Å²) in [6.45, 7) is 14.9. The number of carbonyl (C=O) groups is 1. The second kappa shape index (κ2) is 10.7. The van der Waals surface area contributed by atoms with E-state index < -0.39 is 0 Å². The van der Waals surface area contributed by atoms with Gasteiger partial charge in [-0.25, -0.2) is 4.79 Å². The van der Waals surface area contributed by atoms with Crippen LogP contribution < -0.4 is 10.1 Å². The molecule has 5 heteroatoms. The summed E-state index contributed by atoms with van der Waals surface area (Å²) in [6, 6.07) is 11.2. The number of carbonyl (C=O) groups excluding carboxylic acids is 1. The van der Waals surface area contributed by atoms with E-state index in [9.17, 15) is 4.79 Å². The molecule has 1 amide bonds. The molecular weight excluding hydrogens is 460 g/mol. The van der Waals surface area contributed by atoms with Gasteiger partial charge in [-0.3, -0.25) is 4.90 Å². The highest BCUT2D eigenvalue weighted by Gasteiger charge is 2.40. The van der Waals surface area contributed by atoms with Gasteiger partial charge in [0.1, 0.15) is 11.9 Å². The summed E-state index contributed by atoms with van der Waals surface area (Å²) < 4.78 is 12.1. The molecule has 37 heavy (non-hydrogen) atoms. The Balaban J connectivity index is 1.33. The number of hydrogen-bond acceptors (Lipinski definition) is 4. The third kappa shape index (κ3) is 5.52. The average molecular weight is 505 g/mol. The molecule has 0 radical (unpaired) electrons. The minimum absolute atomic E-state index is 0.0245. The lowest BCUT2D eigenvalue weighted by atomic mass is 9.70. The summed E-state index contributed by atoms with van der Waals surface area (Å²) >= 11 is 0. The van der Waals surface area contributed by atoms with E-state index in [4.69, 9.17) is 9.47 Å². The fourth-order valence-corrected chi connectivity index (χ4v) is 6.58. The summed E-state index contributed by atoms with van der Waals surface area (Å²) in [7, 11) is 0. The predicted octanol–water partition coefficient (Wildman–Crippen LogP) is 6.98. The standard InChI is InChI=1S/C32H44N2O3/c1-6-7-16-36-29-21(2)17-26(18-22(29)3)24-8-9-27-25(19-24)10-13-32(4,5)30(27)33-31(35)37-28-20-34-14-11-23(28)12-15-34/h8-9,17-19,23,28,30H,6-7,10-16,20H2,1-5H3,(H,33,35)/t28-,30?/m0/s1. The molecule has 2 aromatic carbocycles. The molecule has 2 atom stereocenters. The maximum atomic E-state index is 13.1. The van der Waals surface area contributed by atoms with Crippen molar-refractivity contribution < 1.29 is 14.3 Å². The van der Waals surface area contributed by atoms with E-state index in [-0.39, 0.29) is 23.7 Å². The molecule has 0 spiro atoms. The van der Waals surface area contributed by atoms with E-state index in [1.807, 2.05) is 0 Å². The summed E-state index contributed by atoms with van der Waals surface area (Å²) in [4.78, 5) is 15.5. The molecule has 3 saturated heterocycles. The Labute approximate surface area is 222 Å². The first-order chi connectivity index (χ1) is 17.7. The highest BCUT2D eigenvalue weighted by atomic mass is 16.6. The van der Waals surface area contributed by atoms with Crippen LogP contribution in [0.15, 0.2) is 30.3 Å². The minimum atomic E-state index is -0.265. The molecule has 1 aliphatic carbocycles. The Bertz CT molecular complexity index is 1110. The number of unbranched alkanes of at least 4 members (excludes halogenated alkanes) is 1. The van der Waals surface area contributed by atoms with Crippen molar-refractivity contribution in [2.45, 2.75) is 85.3 Å². The molecule has 1 unspecified atom stereocenters. The van der Waals surface area contributed by atoms with Gasteiger partial charge in [0.25, 0.3) is 0 Å². The molecule has 0 aromatic heterocycles. The Morgan fingerprint density at radius 2 is 1.81 bits per heavy atom. The van der Waals surface area contributed by atoms with Gasteiger partial charge >= 0.3 is 6.09 Å². The van der Waals surface area contributed by atoms with E-state index in [1.54, 1.807) is 0 Å². The second-order valence-corrected chi connectivity index (χ2v) is 12.2. The van der Waals surface area contributed by atoms with Gasteiger partial charge in [0.05, 0.1) is 12.6 Å². The maximum Gasteiger partial charge on any atom is 0.407 e. The Hall–Kier alpha value is -2.53. The van der Waals surface area contributed by atoms with Crippen molar-refractivity contribution in [2.24, 2.45) is 11.3 Å². The normalized spacial score (nSPS) is 25.9. The van der Waals surface area contributed by atoms with Crippen LogP contribution >= 0.6 is 0 Å². The summed E-state index contributed by atoms with van der Waals surface area (Å²) in [5.74, 6) is 1.53. The molecule has 6 rings (SSSR count). The molecule has 2 aromatic rings. The van der Waals surface area contributed by atoms with Gasteiger partial charge in [-0.05, 0) is 116 Å². The van der Waals surface area contributed by atoms with E-state index in [2.05, 4.69) is 75.2 Å². The first-order valence-corrected chi connectivity index (χ1v) is 14.3. The van der Waals surface area contributed by atoms with Crippen molar-refractivity contribution in [1.29, 1.82) is 0 Å². The minimum Gasteiger partial charge on any atom is -0.493 e. The van der Waals surface area contributed by atoms with Gasteiger partial charge in [-0.2, -0.15) is 0 Å². The Kier molecular flexibility index (Phi) is 7.53. The molecule has 3 fully saturated rings. The lowest BCUT2D eigenvalue weighted by Crippen LogP contribution is -2.53. The first kappa shape index (κ1) is 26.1. The van der Waals surface area contributed by atoms with Gasteiger partial charge in [0.15, 0.2) is 0 Å². The number of fused-ring (bicyclic) bond motifs is 4. The number of ether oxygens (including phenoxy) is 2. The second-order valence-electron chi connectivity index (χ2n) is 12.2. The lowest BCUT2D eigenvalue weighted by molar-refractivity contribution is -0.0353. The van der Waals surface area contributed by atoms with Crippen molar-refractivity contribution in [3.63, 3.8) is 0 Å². The third-order valence-corrected chi connectivity index (χ3v) is 8.93. The van der Waals surface area contributed by atoms with Crippen LogP contribution in [0.4, 0.5) is 4.79 Å². The van der Waals surface area contributed by atoms with Crippen LogP contribution in [-0.2, 0) is 11.2 Å². The van der Waals surface area contributed by atoms with Crippen molar-refractivity contribution in [1.82, 2.24) is 10.2 Å².